The first-order valence-corrected chi connectivity index (χ1v) is 11.8. The Morgan fingerprint density at radius 3 is 2.78 bits per heavy atom. The van der Waals surface area contributed by atoms with Crippen molar-refractivity contribution in [1.82, 2.24) is 4.90 Å². The Labute approximate surface area is 190 Å². The highest BCUT2D eigenvalue weighted by Gasteiger charge is 2.65. The fourth-order valence-corrected chi connectivity index (χ4v) is 6.08. The Hall–Kier alpha value is -2.23. The fraction of sp³-hybridized carbons (Fsp3) is 0.609. The van der Waals surface area contributed by atoms with E-state index in [9.17, 15) is 14.4 Å². The lowest BCUT2D eigenvalue weighted by molar-refractivity contribution is -0.153. The summed E-state index contributed by atoms with van der Waals surface area (Å²) < 4.78 is 23.5. The molecule has 0 N–H and O–H groups in total. The number of hydrogen-bond acceptors (Lipinski definition) is 9. The lowest BCUT2D eigenvalue weighted by Gasteiger charge is -2.32. The average molecular weight is 462 g/mol. The molecule has 32 heavy (non-hydrogen) atoms. The molecule has 1 aromatic rings. The maximum absolute atomic E-state index is 12.9. The summed E-state index contributed by atoms with van der Waals surface area (Å²) in [4.78, 5) is 40.9. The molecule has 4 aliphatic rings. The van der Waals surface area contributed by atoms with E-state index in [2.05, 4.69) is 0 Å². The van der Waals surface area contributed by atoms with Crippen LogP contribution in [0.15, 0.2) is 29.2 Å². The smallest absolute Gasteiger partial charge is 0.336 e. The highest BCUT2D eigenvalue weighted by molar-refractivity contribution is 7.10. The molecule has 8 unspecified atom stereocenters. The molecular formula is C23H27NO7S. The predicted molar refractivity (Wildman–Crippen MR) is 114 cm³/mol. The number of carbonyl (C=O) groups excluding carboxylic acids is 3. The molecule has 0 spiro atoms. The summed E-state index contributed by atoms with van der Waals surface area (Å²) >= 11 is 1.49. The molecule has 0 aromatic carbocycles. The largest absolute Gasteiger partial charge is 0.462 e. The average Bonchev–Trinajstić information content (AvgIpc) is 3.05. The number of epoxide rings is 1. The van der Waals surface area contributed by atoms with Gasteiger partial charge in [-0.25, -0.2) is 4.79 Å². The van der Waals surface area contributed by atoms with Crippen LogP contribution in [0, 0.1) is 11.8 Å². The van der Waals surface area contributed by atoms with Crippen LogP contribution in [0.1, 0.15) is 25.1 Å². The Kier molecular flexibility index (Phi) is 5.18. The summed E-state index contributed by atoms with van der Waals surface area (Å²) in [5.74, 6) is -1.78. The summed E-state index contributed by atoms with van der Waals surface area (Å²) in [6.45, 7) is 3.75. The molecule has 2 fully saturated rings. The Bertz CT molecular complexity index is 973. The zero-order valence-corrected chi connectivity index (χ0v) is 19.3. The van der Waals surface area contributed by atoms with Crippen molar-refractivity contribution in [3.8, 4) is 0 Å². The van der Waals surface area contributed by atoms with Crippen molar-refractivity contribution in [2.45, 2.75) is 62.7 Å². The van der Waals surface area contributed by atoms with Gasteiger partial charge in [-0.3, -0.25) is 14.5 Å². The summed E-state index contributed by atoms with van der Waals surface area (Å²) in [5, 5.41) is 1.91. The standard InChI is InChI=1S/C23H27NO7S/c1-11-17-14-9-13(22(27)28-14)18(24(3)4)19(30-16(25)8-12-6-5-7-32-12)20-23(2,31-20)10-15(17)29-21(11)26/h5-7,9,11,14-15,17-20H,8,10H2,1-4H3. The molecule has 8 atom stereocenters. The number of fused-ring (bicyclic) bond motifs is 4. The minimum atomic E-state index is -0.703. The molecule has 3 aliphatic heterocycles. The molecule has 2 saturated heterocycles. The van der Waals surface area contributed by atoms with E-state index in [0.29, 0.717) is 12.0 Å². The van der Waals surface area contributed by atoms with Crippen molar-refractivity contribution in [3.05, 3.63) is 34.0 Å². The second-order valence-electron chi connectivity index (χ2n) is 9.51. The number of rotatable bonds is 4. The minimum Gasteiger partial charge on any atom is -0.462 e. The minimum absolute atomic E-state index is 0.156. The number of carbonyl (C=O) groups is 3. The van der Waals surface area contributed by atoms with Crippen LogP contribution < -0.4 is 0 Å². The van der Waals surface area contributed by atoms with Crippen LogP contribution in [0.3, 0.4) is 0 Å². The van der Waals surface area contributed by atoms with Gasteiger partial charge in [0.2, 0.25) is 0 Å². The van der Waals surface area contributed by atoms with Gasteiger partial charge in [0.15, 0.2) is 6.10 Å². The SMILES string of the molecule is CC1C(=O)OC2CC3(C)OC3C(OC(=O)Cc3cccs3)C(N(C)C)C3=CC(OC3=O)C21. The first-order chi connectivity index (χ1) is 15.2. The van der Waals surface area contributed by atoms with E-state index in [1.807, 2.05) is 50.4 Å². The Balaban J connectivity index is 1.50. The molecule has 9 heteroatoms. The highest BCUT2D eigenvalue weighted by Crippen LogP contribution is 2.51. The van der Waals surface area contributed by atoms with Crippen LogP contribution in [0.5, 0.6) is 0 Å². The van der Waals surface area contributed by atoms with E-state index < -0.39 is 42.0 Å². The van der Waals surface area contributed by atoms with Crippen LogP contribution >= 0.6 is 11.3 Å². The van der Waals surface area contributed by atoms with Gasteiger partial charge in [-0.2, -0.15) is 0 Å². The van der Waals surface area contributed by atoms with E-state index in [1.165, 1.54) is 11.3 Å². The number of ether oxygens (including phenoxy) is 4. The topological polar surface area (TPSA) is 94.7 Å². The third kappa shape index (κ3) is 3.56. The van der Waals surface area contributed by atoms with Crippen LogP contribution in [-0.4, -0.2) is 73.0 Å². The molecule has 2 bridgehead atoms. The molecule has 5 rings (SSSR count). The molecule has 0 radical (unpaired) electrons. The molecular weight excluding hydrogens is 434 g/mol. The zero-order chi connectivity index (χ0) is 22.8. The van der Waals surface area contributed by atoms with Gasteiger partial charge in [0.05, 0.1) is 29.6 Å². The van der Waals surface area contributed by atoms with Gasteiger partial charge in [0, 0.05) is 17.2 Å². The molecule has 0 saturated carbocycles. The van der Waals surface area contributed by atoms with E-state index in [-0.39, 0.29) is 30.2 Å². The van der Waals surface area contributed by atoms with Gasteiger partial charge in [-0.05, 0) is 38.5 Å². The van der Waals surface area contributed by atoms with Gasteiger partial charge >= 0.3 is 17.9 Å². The number of thiophene rings is 1. The quantitative estimate of drug-likeness (QED) is 0.380. The first-order valence-electron chi connectivity index (χ1n) is 10.9. The molecule has 8 nitrogen and oxygen atoms in total. The third-order valence-corrected chi connectivity index (χ3v) is 7.92. The summed E-state index contributed by atoms with van der Waals surface area (Å²) in [6.07, 6.45) is 0.272. The van der Waals surface area contributed by atoms with Crippen molar-refractivity contribution in [1.29, 1.82) is 0 Å². The van der Waals surface area contributed by atoms with Gasteiger partial charge in [-0.1, -0.05) is 13.0 Å². The normalized spacial score (nSPS) is 40.2. The Morgan fingerprint density at radius 1 is 1.31 bits per heavy atom. The highest BCUT2D eigenvalue weighted by atomic mass is 32.1. The second-order valence-corrected chi connectivity index (χ2v) is 10.5. The van der Waals surface area contributed by atoms with Crippen LogP contribution in [0.25, 0.3) is 0 Å². The van der Waals surface area contributed by atoms with E-state index >= 15 is 0 Å². The van der Waals surface area contributed by atoms with Gasteiger partial charge < -0.3 is 18.9 Å². The summed E-state index contributed by atoms with van der Waals surface area (Å²) in [7, 11) is 3.68. The number of likely N-dealkylation sites (N-methyl/N-ethyl adjacent to an activating group) is 1. The zero-order valence-electron chi connectivity index (χ0n) is 18.5. The van der Waals surface area contributed by atoms with Crippen molar-refractivity contribution in [3.63, 3.8) is 0 Å². The van der Waals surface area contributed by atoms with Crippen molar-refractivity contribution < 1.29 is 33.3 Å². The fourth-order valence-electron chi connectivity index (χ4n) is 5.39. The van der Waals surface area contributed by atoms with Gasteiger partial charge in [0.25, 0.3) is 0 Å². The monoisotopic (exact) mass is 461 g/mol. The van der Waals surface area contributed by atoms with E-state index in [0.717, 1.165) is 4.88 Å². The maximum atomic E-state index is 12.9. The van der Waals surface area contributed by atoms with Crippen molar-refractivity contribution >= 4 is 29.2 Å². The lowest BCUT2D eigenvalue weighted by Crippen LogP contribution is -2.49. The van der Waals surface area contributed by atoms with Gasteiger partial charge in [-0.15, -0.1) is 11.3 Å². The first kappa shape index (κ1) is 21.6. The maximum Gasteiger partial charge on any atom is 0.336 e. The second kappa shape index (κ2) is 7.67. The Morgan fingerprint density at radius 2 is 2.09 bits per heavy atom. The number of esters is 3. The molecule has 1 aliphatic carbocycles. The molecule has 1 aromatic heterocycles. The van der Waals surface area contributed by atoms with Gasteiger partial charge in [0.1, 0.15) is 18.3 Å². The predicted octanol–water partition coefficient (Wildman–Crippen LogP) is 1.72. The van der Waals surface area contributed by atoms with Crippen LogP contribution in [0.4, 0.5) is 0 Å². The van der Waals surface area contributed by atoms with Crippen molar-refractivity contribution in [2.75, 3.05) is 14.1 Å². The molecule has 0 amide bonds. The summed E-state index contributed by atoms with van der Waals surface area (Å²) in [5.41, 5.74) is -0.200. The third-order valence-electron chi connectivity index (χ3n) is 7.05. The van der Waals surface area contributed by atoms with Crippen LogP contribution in [0.2, 0.25) is 0 Å². The molecule has 172 valence electrons. The number of nitrogens with zero attached hydrogens (tertiary/aromatic N) is 1. The van der Waals surface area contributed by atoms with E-state index in [1.54, 1.807) is 6.08 Å². The van der Waals surface area contributed by atoms with Crippen molar-refractivity contribution in [2.24, 2.45) is 11.8 Å². The number of hydrogen-bond donors (Lipinski definition) is 0. The lowest BCUT2D eigenvalue weighted by atomic mass is 9.79. The summed E-state index contributed by atoms with van der Waals surface area (Å²) in [6, 6.07) is 3.24. The molecule has 4 heterocycles. The van der Waals surface area contributed by atoms with Crippen LogP contribution in [-0.2, 0) is 39.8 Å². The van der Waals surface area contributed by atoms with E-state index in [4.69, 9.17) is 18.9 Å².